The highest BCUT2D eigenvalue weighted by atomic mass is 32.1. The maximum atomic E-state index is 15.2. The number of rotatable bonds is 7. The van der Waals surface area contributed by atoms with Crippen molar-refractivity contribution in [3.63, 3.8) is 0 Å². The van der Waals surface area contributed by atoms with Gasteiger partial charge in [0.05, 0.1) is 58.2 Å². The Bertz CT molecular complexity index is 1580. The Kier molecular flexibility index (Phi) is 5.65. The molecule has 36 heavy (non-hydrogen) atoms. The zero-order valence-electron chi connectivity index (χ0n) is 19.9. The van der Waals surface area contributed by atoms with Crippen molar-refractivity contribution >= 4 is 44.0 Å². The van der Waals surface area contributed by atoms with E-state index in [9.17, 15) is 0 Å². The molecule has 6 rings (SSSR count). The van der Waals surface area contributed by atoms with Crippen LogP contribution in [0.15, 0.2) is 42.3 Å². The highest BCUT2D eigenvalue weighted by Gasteiger charge is 2.28. The number of nitrogens with zero attached hydrogens (tertiary/aromatic N) is 5. The third kappa shape index (κ3) is 3.90. The molecule has 0 radical (unpaired) electrons. The molecule has 1 aliphatic rings. The molecule has 1 N–H and O–H groups in total. The largest absolute Gasteiger partial charge is 0.489 e. The van der Waals surface area contributed by atoms with Crippen LogP contribution in [0.5, 0.6) is 11.6 Å². The second kappa shape index (κ2) is 8.99. The maximum absolute atomic E-state index is 15.2. The average Bonchev–Trinajstić information content (AvgIpc) is 3.46. The average molecular weight is 507 g/mol. The second-order valence-corrected chi connectivity index (χ2v) is 9.54. The zero-order valence-corrected chi connectivity index (χ0v) is 20.7. The van der Waals surface area contributed by atoms with E-state index < -0.39 is 0 Å². The van der Waals surface area contributed by atoms with E-state index in [2.05, 4.69) is 25.4 Å². The van der Waals surface area contributed by atoms with Crippen LogP contribution in [-0.4, -0.2) is 51.2 Å². The lowest BCUT2D eigenvalue weighted by Crippen LogP contribution is -2.39. The van der Waals surface area contributed by atoms with Crippen LogP contribution < -0.4 is 14.8 Å². The number of methoxy groups -OCH3 is 1. The second-order valence-electron chi connectivity index (χ2n) is 8.69. The van der Waals surface area contributed by atoms with E-state index in [1.807, 2.05) is 32.3 Å². The minimum absolute atomic E-state index is 0.105. The number of nitrogens with one attached hydrogen (secondary N) is 1. The number of hydrogen-bond donors (Lipinski definition) is 1. The molecule has 1 fully saturated rings. The molecule has 1 aliphatic heterocycles. The zero-order chi connectivity index (χ0) is 24.8. The molecule has 0 amide bonds. The summed E-state index contributed by atoms with van der Waals surface area (Å²) < 4.78 is 34.7. The summed E-state index contributed by atoms with van der Waals surface area (Å²) in [6.07, 6.45) is 3.23. The normalized spacial score (nSPS) is 14.7. The predicted molar refractivity (Wildman–Crippen MR) is 136 cm³/mol. The van der Waals surface area contributed by atoms with Crippen LogP contribution in [0.1, 0.15) is 6.92 Å². The predicted octanol–water partition coefficient (Wildman–Crippen LogP) is 4.95. The monoisotopic (exact) mass is 506 g/mol. The van der Waals surface area contributed by atoms with Gasteiger partial charge >= 0.3 is 0 Å². The number of benzene rings is 2. The number of thiazole rings is 1. The number of aryl methyl sites for hydroxylation is 1. The van der Waals surface area contributed by atoms with E-state index in [4.69, 9.17) is 14.2 Å². The van der Waals surface area contributed by atoms with E-state index in [1.54, 1.807) is 29.4 Å². The van der Waals surface area contributed by atoms with E-state index >= 15 is 4.39 Å². The summed E-state index contributed by atoms with van der Waals surface area (Å²) in [5, 5.41) is 8.19. The highest BCUT2D eigenvalue weighted by molar-refractivity contribution is 7.16. The molecule has 1 atom stereocenters. The van der Waals surface area contributed by atoms with Crippen molar-refractivity contribution in [1.29, 1.82) is 0 Å². The van der Waals surface area contributed by atoms with Crippen LogP contribution in [0.25, 0.3) is 32.2 Å². The van der Waals surface area contributed by atoms with Crippen LogP contribution in [-0.2, 0) is 11.8 Å². The molecule has 4 heterocycles. The lowest BCUT2D eigenvalue weighted by atomic mass is 10.0. The van der Waals surface area contributed by atoms with Gasteiger partial charge in [0.25, 0.3) is 0 Å². The molecule has 184 valence electrons. The number of fused-ring (bicyclic) bond motifs is 2. The van der Waals surface area contributed by atoms with Crippen molar-refractivity contribution < 1.29 is 18.6 Å². The van der Waals surface area contributed by atoms with Gasteiger partial charge in [-0.15, -0.1) is 16.4 Å². The third-order valence-corrected chi connectivity index (χ3v) is 7.17. The minimum Gasteiger partial charge on any atom is -0.489 e. The molecule has 9 nitrogen and oxygen atoms in total. The van der Waals surface area contributed by atoms with Gasteiger partial charge in [-0.2, -0.15) is 0 Å². The van der Waals surface area contributed by atoms with Crippen molar-refractivity contribution in [3.8, 4) is 22.8 Å². The number of anilines is 2. The van der Waals surface area contributed by atoms with Gasteiger partial charge in [0.2, 0.25) is 5.88 Å². The van der Waals surface area contributed by atoms with Gasteiger partial charge in [-0.3, -0.25) is 4.68 Å². The van der Waals surface area contributed by atoms with Crippen LogP contribution in [0.4, 0.5) is 15.9 Å². The van der Waals surface area contributed by atoms with Crippen molar-refractivity contribution in [1.82, 2.24) is 24.7 Å². The minimum atomic E-state index is -0.374. The van der Waals surface area contributed by atoms with Gasteiger partial charge in [0.15, 0.2) is 5.82 Å². The molecule has 1 saturated heterocycles. The lowest BCUT2D eigenvalue weighted by Gasteiger charge is -2.32. The standard InChI is InChI=1S/C25H23FN6O3S/c1-13(15-9-34-10-15)35-20-7-14(16-8-32(2)31-25(16)33-3)6-19-21(20)24(28-11-27-19)30-17-4-5-18-23(22(17)26)36-12-29-18/h4-8,11-13,15H,9-10H2,1-3H3,(H,27,28,30)/t13-/m1/s1. The summed E-state index contributed by atoms with van der Waals surface area (Å²) >= 11 is 1.26. The first-order valence-corrected chi connectivity index (χ1v) is 12.3. The molecule has 0 spiro atoms. The van der Waals surface area contributed by atoms with Gasteiger partial charge in [0.1, 0.15) is 24.0 Å². The number of aromatic nitrogens is 5. The molecule has 0 unspecified atom stereocenters. The molecule has 0 aliphatic carbocycles. The fraction of sp³-hybridized carbons (Fsp3) is 0.280. The topological polar surface area (TPSA) is 96.2 Å². The molecule has 2 aromatic carbocycles. The first-order chi connectivity index (χ1) is 17.5. The fourth-order valence-electron chi connectivity index (χ4n) is 4.26. The number of halogens is 1. The Morgan fingerprint density at radius 2 is 2.06 bits per heavy atom. The van der Waals surface area contributed by atoms with Crippen LogP contribution in [0, 0.1) is 11.7 Å². The van der Waals surface area contributed by atoms with Gasteiger partial charge in [0, 0.05) is 19.2 Å². The Morgan fingerprint density at radius 3 is 2.83 bits per heavy atom. The smallest absolute Gasteiger partial charge is 0.240 e. The van der Waals surface area contributed by atoms with Crippen LogP contribution in [0.2, 0.25) is 0 Å². The lowest BCUT2D eigenvalue weighted by molar-refractivity contribution is -0.0773. The molecule has 5 aromatic rings. The molecule has 11 heteroatoms. The summed E-state index contributed by atoms with van der Waals surface area (Å²) in [6, 6.07) is 7.29. The Balaban J connectivity index is 1.49. The van der Waals surface area contributed by atoms with Gasteiger partial charge < -0.3 is 19.5 Å². The number of ether oxygens (including phenoxy) is 3. The highest BCUT2D eigenvalue weighted by Crippen LogP contribution is 2.40. The maximum Gasteiger partial charge on any atom is 0.240 e. The first-order valence-electron chi connectivity index (χ1n) is 11.4. The van der Waals surface area contributed by atoms with Gasteiger partial charge in [-0.1, -0.05) is 0 Å². The quantitative estimate of drug-likeness (QED) is 0.331. The molecular formula is C25H23FN6O3S. The van der Waals surface area contributed by atoms with Crippen LogP contribution >= 0.6 is 11.3 Å². The van der Waals surface area contributed by atoms with E-state index in [0.717, 1.165) is 11.1 Å². The molecule has 0 saturated carbocycles. The fourth-order valence-corrected chi connectivity index (χ4v) is 4.98. The van der Waals surface area contributed by atoms with E-state index in [-0.39, 0.29) is 17.8 Å². The van der Waals surface area contributed by atoms with E-state index in [1.165, 1.54) is 17.7 Å². The van der Waals surface area contributed by atoms with Gasteiger partial charge in [-0.05, 0) is 36.8 Å². The third-order valence-electron chi connectivity index (χ3n) is 6.33. The van der Waals surface area contributed by atoms with Crippen molar-refractivity contribution in [2.45, 2.75) is 13.0 Å². The van der Waals surface area contributed by atoms with Gasteiger partial charge in [-0.25, -0.2) is 19.3 Å². The Labute approximate surface area is 209 Å². The molecule has 0 bridgehead atoms. The first kappa shape index (κ1) is 22.6. The van der Waals surface area contributed by atoms with Crippen molar-refractivity contribution in [2.75, 3.05) is 25.6 Å². The summed E-state index contributed by atoms with van der Waals surface area (Å²) in [6.45, 7) is 3.32. The number of hydrogen-bond acceptors (Lipinski definition) is 9. The Morgan fingerprint density at radius 1 is 1.19 bits per heavy atom. The summed E-state index contributed by atoms with van der Waals surface area (Å²) in [5.74, 6) is 1.43. The SMILES string of the molecule is COc1nn(C)cc1-c1cc(O[C@H](C)C2COC2)c2c(Nc3ccc4ncsc4c3F)ncnc2c1. The summed E-state index contributed by atoms with van der Waals surface area (Å²) in [5.41, 5.74) is 4.83. The molecule has 3 aromatic heterocycles. The summed E-state index contributed by atoms with van der Waals surface area (Å²) in [7, 11) is 3.42. The molecular weight excluding hydrogens is 483 g/mol. The summed E-state index contributed by atoms with van der Waals surface area (Å²) in [4.78, 5) is 13.2. The van der Waals surface area contributed by atoms with Crippen LogP contribution in [0.3, 0.4) is 0 Å². The van der Waals surface area contributed by atoms with E-state index in [0.29, 0.717) is 57.5 Å². The Hall–Kier alpha value is -3.83. The van der Waals surface area contributed by atoms with Crippen molar-refractivity contribution in [3.05, 3.63) is 48.1 Å². The van der Waals surface area contributed by atoms with Crippen molar-refractivity contribution in [2.24, 2.45) is 13.0 Å².